The Morgan fingerprint density at radius 1 is 0.688 bits per heavy atom. The lowest BCUT2D eigenvalue weighted by atomic mass is 9.47. The first-order valence-corrected chi connectivity index (χ1v) is 28.3. The summed E-state index contributed by atoms with van der Waals surface area (Å²) in [6.45, 7) is 23.1. The largest absolute Gasteiger partial charge is 0.381 e. The molecule has 5 heteroatoms. The smallest absolute Gasteiger partial charge is 0.0934 e. The summed E-state index contributed by atoms with van der Waals surface area (Å²) < 4.78 is 25.3. The quantitative estimate of drug-likeness (QED) is 0.0475. The SMILES string of the molecule is CCCCC/C=C\C/C=C\CCCCCCCCOCC(CN1CCCCC1)OCCCOCCCO[C@H]1CC[C@@]2(C)C(=CC[C@H]3[C@@H]4CC[C@H]([C@H](C)CCCC(C)C)[C@@]4(C)CC[C@@H]32)C1. The number of piperidine rings is 1. The van der Waals surface area contributed by atoms with E-state index < -0.39 is 0 Å². The molecule has 5 nitrogen and oxygen atoms in total. The van der Waals surface area contributed by atoms with Crippen LogP contribution in [0, 0.1) is 46.3 Å². The van der Waals surface area contributed by atoms with Crippen molar-refractivity contribution in [3.63, 3.8) is 0 Å². The van der Waals surface area contributed by atoms with Gasteiger partial charge in [0.25, 0.3) is 0 Å². The highest BCUT2D eigenvalue weighted by atomic mass is 16.5. The van der Waals surface area contributed by atoms with Crippen LogP contribution in [-0.2, 0) is 18.9 Å². The van der Waals surface area contributed by atoms with Crippen molar-refractivity contribution in [2.45, 2.75) is 234 Å². The number of likely N-dealkylation sites (tertiary alicyclic amines) is 1. The molecule has 370 valence electrons. The fourth-order valence-electron chi connectivity index (χ4n) is 13.7. The van der Waals surface area contributed by atoms with E-state index in [1.54, 1.807) is 5.57 Å². The van der Waals surface area contributed by atoms with Crippen molar-refractivity contribution in [2.24, 2.45) is 46.3 Å². The molecule has 0 spiro atoms. The number of allylic oxidation sites excluding steroid dienone is 5. The van der Waals surface area contributed by atoms with E-state index in [1.807, 2.05) is 0 Å². The second kappa shape index (κ2) is 30.5. The molecule has 9 atom stereocenters. The lowest BCUT2D eigenvalue weighted by Gasteiger charge is -2.58. The molecule has 0 N–H and O–H groups in total. The van der Waals surface area contributed by atoms with Crippen molar-refractivity contribution >= 4 is 0 Å². The summed E-state index contributed by atoms with van der Waals surface area (Å²) in [7, 11) is 0. The molecule has 0 aromatic heterocycles. The number of nitrogens with zero attached hydrogens (tertiary/aromatic N) is 1. The molecular weight excluding hydrogens is 787 g/mol. The van der Waals surface area contributed by atoms with Gasteiger partial charge in [-0.15, -0.1) is 0 Å². The van der Waals surface area contributed by atoms with Gasteiger partial charge in [-0.3, -0.25) is 0 Å². The summed E-state index contributed by atoms with van der Waals surface area (Å²) in [6, 6.07) is 0. The minimum Gasteiger partial charge on any atom is -0.381 e. The molecule has 1 heterocycles. The van der Waals surface area contributed by atoms with Gasteiger partial charge in [0.2, 0.25) is 0 Å². The van der Waals surface area contributed by atoms with Gasteiger partial charge in [-0.2, -0.15) is 0 Å². The second-order valence-electron chi connectivity index (χ2n) is 22.9. The number of hydrogen-bond donors (Lipinski definition) is 0. The van der Waals surface area contributed by atoms with Crippen LogP contribution in [0.4, 0.5) is 0 Å². The Balaban J connectivity index is 0.884. The number of hydrogen-bond acceptors (Lipinski definition) is 5. The Morgan fingerprint density at radius 3 is 2.17 bits per heavy atom. The molecule has 4 aliphatic carbocycles. The predicted octanol–water partition coefficient (Wildman–Crippen LogP) is 15.9. The Kier molecular flexibility index (Phi) is 25.7. The van der Waals surface area contributed by atoms with Crippen molar-refractivity contribution in [2.75, 3.05) is 59.3 Å². The molecular formula is C59H105NO4. The van der Waals surface area contributed by atoms with Crippen LogP contribution in [0.1, 0.15) is 221 Å². The molecule has 4 fully saturated rings. The summed E-state index contributed by atoms with van der Waals surface area (Å²) in [5.41, 5.74) is 2.72. The number of unbranched alkanes of at least 4 members (excludes halogenated alkanes) is 9. The predicted molar refractivity (Wildman–Crippen MR) is 273 cm³/mol. The van der Waals surface area contributed by atoms with Crippen LogP contribution in [0.3, 0.4) is 0 Å². The second-order valence-corrected chi connectivity index (χ2v) is 22.9. The Labute approximate surface area is 397 Å². The molecule has 5 rings (SSSR count). The van der Waals surface area contributed by atoms with E-state index >= 15 is 0 Å². The third kappa shape index (κ3) is 17.8. The maximum atomic E-state index is 6.56. The maximum absolute atomic E-state index is 6.56. The third-order valence-corrected chi connectivity index (χ3v) is 17.5. The average Bonchev–Trinajstić information content (AvgIpc) is 3.65. The number of ether oxygens (including phenoxy) is 4. The molecule has 0 aromatic carbocycles. The van der Waals surface area contributed by atoms with E-state index in [4.69, 9.17) is 18.9 Å². The van der Waals surface area contributed by atoms with Crippen LogP contribution in [0.15, 0.2) is 36.0 Å². The highest BCUT2D eigenvalue weighted by molar-refractivity contribution is 5.25. The van der Waals surface area contributed by atoms with Crippen LogP contribution in [0.2, 0.25) is 0 Å². The summed E-state index contributed by atoms with van der Waals surface area (Å²) in [5.74, 6) is 5.41. The van der Waals surface area contributed by atoms with E-state index in [0.29, 0.717) is 23.5 Å². The van der Waals surface area contributed by atoms with Gasteiger partial charge < -0.3 is 23.8 Å². The van der Waals surface area contributed by atoms with Crippen molar-refractivity contribution in [1.29, 1.82) is 0 Å². The van der Waals surface area contributed by atoms with Crippen molar-refractivity contribution in [1.82, 2.24) is 4.90 Å². The van der Waals surface area contributed by atoms with Crippen molar-refractivity contribution in [3.8, 4) is 0 Å². The van der Waals surface area contributed by atoms with Gasteiger partial charge in [-0.1, -0.05) is 142 Å². The average molecular weight is 892 g/mol. The minimum absolute atomic E-state index is 0.157. The van der Waals surface area contributed by atoms with Gasteiger partial charge in [0.05, 0.1) is 18.8 Å². The van der Waals surface area contributed by atoms with E-state index in [1.165, 1.54) is 161 Å². The van der Waals surface area contributed by atoms with Gasteiger partial charge in [0.15, 0.2) is 0 Å². The molecule has 5 aliphatic rings. The lowest BCUT2D eigenvalue weighted by Crippen LogP contribution is -2.51. The van der Waals surface area contributed by atoms with Gasteiger partial charge in [-0.05, 0) is 175 Å². The fraction of sp³-hybridized carbons (Fsp3) is 0.898. The third-order valence-electron chi connectivity index (χ3n) is 17.5. The Hall–Kier alpha value is -0.980. The van der Waals surface area contributed by atoms with Crippen LogP contribution in [0.5, 0.6) is 0 Å². The van der Waals surface area contributed by atoms with E-state index in [0.717, 1.165) is 107 Å². The summed E-state index contributed by atoms with van der Waals surface area (Å²) in [4.78, 5) is 2.59. The van der Waals surface area contributed by atoms with E-state index in [-0.39, 0.29) is 6.10 Å². The van der Waals surface area contributed by atoms with Crippen molar-refractivity contribution < 1.29 is 18.9 Å². The van der Waals surface area contributed by atoms with Crippen LogP contribution in [0.25, 0.3) is 0 Å². The summed E-state index contributed by atoms with van der Waals surface area (Å²) in [6.07, 6.45) is 49.2. The zero-order valence-corrected chi connectivity index (χ0v) is 43.2. The van der Waals surface area contributed by atoms with Gasteiger partial charge in [-0.25, -0.2) is 0 Å². The standard InChI is InChI=1S/C59H105NO4/c1-7-8-9-10-11-12-13-14-15-16-17-18-19-20-21-25-41-62-48-53(47-60-39-23-22-24-40-60)64-45-28-43-61-42-27-44-63-52-35-37-58(5)51(46-52)31-32-54-56-34-33-55(50(4)30-26-29-49(2)3)59(56,6)38-36-57(54)58/h11-12,14-15,31,49-50,52-57H,7-10,13,16-30,32-48H2,1-6H3/b12-11-,15-14-/t50-,52+,53?,54+,55-,56+,57+,58+,59-/m1/s1. The molecule has 64 heavy (non-hydrogen) atoms. The van der Waals surface area contributed by atoms with Crippen molar-refractivity contribution in [3.05, 3.63) is 36.0 Å². The highest BCUT2D eigenvalue weighted by Crippen LogP contribution is 2.67. The normalized spacial score (nSPS) is 29.6. The fourth-order valence-corrected chi connectivity index (χ4v) is 13.7. The minimum atomic E-state index is 0.157. The molecule has 3 saturated carbocycles. The first-order chi connectivity index (χ1) is 31.2. The van der Waals surface area contributed by atoms with E-state index in [2.05, 4.69) is 76.8 Å². The monoisotopic (exact) mass is 892 g/mol. The molecule has 0 amide bonds. The molecule has 1 aliphatic heterocycles. The van der Waals surface area contributed by atoms with Gasteiger partial charge >= 0.3 is 0 Å². The molecule has 1 saturated heterocycles. The molecule has 0 radical (unpaired) electrons. The molecule has 0 bridgehead atoms. The number of fused-ring (bicyclic) bond motifs is 5. The zero-order chi connectivity index (χ0) is 45.3. The van der Waals surface area contributed by atoms with Crippen LogP contribution >= 0.6 is 0 Å². The van der Waals surface area contributed by atoms with Gasteiger partial charge in [0, 0.05) is 39.6 Å². The summed E-state index contributed by atoms with van der Waals surface area (Å²) in [5, 5.41) is 0. The van der Waals surface area contributed by atoms with Crippen LogP contribution < -0.4 is 0 Å². The zero-order valence-electron chi connectivity index (χ0n) is 43.2. The molecule has 1 unspecified atom stereocenters. The maximum Gasteiger partial charge on any atom is 0.0934 e. The topological polar surface area (TPSA) is 40.2 Å². The Bertz CT molecular complexity index is 1300. The van der Waals surface area contributed by atoms with E-state index in [9.17, 15) is 0 Å². The Morgan fingerprint density at radius 2 is 1.41 bits per heavy atom. The van der Waals surface area contributed by atoms with Gasteiger partial charge in [0.1, 0.15) is 0 Å². The lowest BCUT2D eigenvalue weighted by molar-refractivity contribution is -0.0651. The summed E-state index contributed by atoms with van der Waals surface area (Å²) >= 11 is 0. The first kappa shape index (κ1) is 54.0. The van der Waals surface area contributed by atoms with Crippen LogP contribution in [-0.4, -0.2) is 76.4 Å². The first-order valence-electron chi connectivity index (χ1n) is 28.3. The number of rotatable bonds is 34. The molecule has 0 aromatic rings. The highest BCUT2D eigenvalue weighted by Gasteiger charge is 2.59.